The van der Waals surface area contributed by atoms with Crippen molar-refractivity contribution in [1.29, 1.82) is 0 Å². The number of nitrogens with zero attached hydrogens (tertiary/aromatic N) is 4. The van der Waals surface area contributed by atoms with Gasteiger partial charge in [0.15, 0.2) is 0 Å². The number of carbonyl (C=O) groups is 2. The summed E-state index contributed by atoms with van der Waals surface area (Å²) < 4.78 is 77.3. The zero-order valence-corrected chi connectivity index (χ0v) is 20.3. The molecule has 4 rings (SSSR count). The largest absolute Gasteiger partial charge is 0.433 e. The molecular weight excluding hydrogens is 556 g/mol. The topological polar surface area (TPSA) is 130 Å². The van der Waals surface area contributed by atoms with Crippen LogP contribution >= 0.6 is 12.4 Å². The third-order valence-electron chi connectivity index (χ3n) is 5.39. The van der Waals surface area contributed by atoms with E-state index in [2.05, 4.69) is 25.5 Å². The van der Waals surface area contributed by atoms with Gasteiger partial charge in [-0.05, 0) is 29.3 Å². The molecule has 4 aromatic rings. The predicted molar refractivity (Wildman–Crippen MR) is 129 cm³/mol. The Morgan fingerprint density at radius 2 is 1.51 bits per heavy atom. The van der Waals surface area contributed by atoms with E-state index in [1.807, 2.05) is 0 Å². The maximum absolute atomic E-state index is 13.1. The highest BCUT2D eigenvalue weighted by Crippen LogP contribution is 2.30. The summed E-state index contributed by atoms with van der Waals surface area (Å²) in [4.78, 5) is 34.2. The molecule has 0 bridgehead atoms. The minimum atomic E-state index is -4.68. The van der Waals surface area contributed by atoms with Crippen molar-refractivity contribution in [2.75, 3.05) is 11.1 Å². The van der Waals surface area contributed by atoms with Crippen LogP contribution in [-0.4, -0.2) is 36.9 Å². The molecule has 0 saturated carbocycles. The summed E-state index contributed by atoms with van der Waals surface area (Å²) in [5.74, 6) is -2.13. The average Bonchev–Trinajstić information content (AvgIpc) is 3.36. The number of rotatable bonds is 5. The lowest BCUT2D eigenvalue weighted by Crippen LogP contribution is -2.39. The number of aromatic nitrogens is 4. The molecule has 0 aliphatic carbocycles. The van der Waals surface area contributed by atoms with Crippen LogP contribution in [0, 0.1) is 0 Å². The maximum atomic E-state index is 13.1. The van der Waals surface area contributed by atoms with Crippen LogP contribution in [0.5, 0.6) is 0 Å². The van der Waals surface area contributed by atoms with Crippen molar-refractivity contribution in [3.05, 3.63) is 77.4 Å². The van der Waals surface area contributed by atoms with Crippen molar-refractivity contribution >= 4 is 46.6 Å². The number of hydrogen-bond donors (Lipinski definition) is 3. The molecule has 3 aromatic heterocycles. The number of pyridine rings is 2. The van der Waals surface area contributed by atoms with Gasteiger partial charge in [0.25, 0.3) is 0 Å². The summed E-state index contributed by atoms with van der Waals surface area (Å²) >= 11 is 0. The molecule has 3 heterocycles. The van der Waals surface area contributed by atoms with Gasteiger partial charge in [-0.15, -0.1) is 12.4 Å². The van der Waals surface area contributed by atoms with E-state index in [1.165, 1.54) is 12.4 Å². The smallest absolute Gasteiger partial charge is 0.383 e. The number of carbonyl (C=O) groups excluding carboxylic acids is 2. The van der Waals surface area contributed by atoms with E-state index in [-0.39, 0.29) is 48.1 Å². The van der Waals surface area contributed by atoms with Gasteiger partial charge in [0.05, 0.1) is 34.5 Å². The molecule has 16 heteroatoms. The van der Waals surface area contributed by atoms with Crippen molar-refractivity contribution in [1.82, 2.24) is 25.1 Å². The van der Waals surface area contributed by atoms with Crippen LogP contribution in [0.4, 0.5) is 37.8 Å². The molecule has 39 heavy (non-hydrogen) atoms. The number of fused-ring (bicyclic) bond motifs is 1. The Kier molecular flexibility index (Phi) is 8.33. The zero-order chi connectivity index (χ0) is 27.7. The van der Waals surface area contributed by atoms with Gasteiger partial charge in [0.2, 0.25) is 0 Å². The van der Waals surface area contributed by atoms with Gasteiger partial charge in [-0.3, -0.25) is 19.7 Å². The molecule has 0 atom stereocenters. The number of nitrogen functional groups attached to an aromatic ring is 1. The van der Waals surface area contributed by atoms with Crippen LogP contribution in [0.1, 0.15) is 22.4 Å². The molecule has 1 aromatic carbocycles. The first-order chi connectivity index (χ1) is 17.8. The Balaban J connectivity index is 0.00000420. The van der Waals surface area contributed by atoms with Gasteiger partial charge in [0, 0.05) is 19.3 Å². The molecule has 0 radical (unpaired) electrons. The summed E-state index contributed by atoms with van der Waals surface area (Å²) in [7, 11) is 0. The number of aromatic amines is 1. The van der Waals surface area contributed by atoms with Crippen LogP contribution < -0.4 is 11.1 Å². The number of alkyl halides is 6. The molecule has 9 nitrogen and oxygen atoms in total. The molecule has 2 amide bonds. The molecule has 0 aliphatic heterocycles. The van der Waals surface area contributed by atoms with Crippen molar-refractivity contribution in [2.45, 2.75) is 25.4 Å². The molecule has 0 fully saturated rings. The normalized spacial score (nSPS) is 11.6. The Hall–Kier alpha value is -4.40. The van der Waals surface area contributed by atoms with Gasteiger partial charge < -0.3 is 16.0 Å². The summed E-state index contributed by atoms with van der Waals surface area (Å²) in [6, 6.07) is 5.68. The Labute approximate surface area is 221 Å². The number of nitrogens with two attached hydrogens (primary N) is 1. The summed E-state index contributed by atoms with van der Waals surface area (Å²) in [6.45, 7) is -0.692. The quantitative estimate of drug-likeness (QED) is 0.237. The van der Waals surface area contributed by atoms with Gasteiger partial charge >= 0.3 is 24.2 Å². The summed E-state index contributed by atoms with van der Waals surface area (Å²) in [6.07, 6.45) is -5.80. The third-order valence-corrected chi connectivity index (χ3v) is 5.39. The highest BCUT2D eigenvalue weighted by atomic mass is 35.5. The summed E-state index contributed by atoms with van der Waals surface area (Å²) in [5, 5.41) is 9.18. The number of halogens is 7. The highest BCUT2D eigenvalue weighted by molar-refractivity contribution is 6.40. The second kappa shape index (κ2) is 11.1. The molecule has 0 spiro atoms. The average molecular weight is 574 g/mol. The fraction of sp³-hybridized carbons (Fsp3) is 0.174. The van der Waals surface area contributed by atoms with Crippen molar-refractivity contribution in [3.8, 4) is 0 Å². The SMILES string of the molecule is Cl.Nc1ncc(NC(=O)C(=O)N(Cc2ccc(C(F)(F)F)cc2)Cc2ccc(C(F)(F)F)nc2)c2[nH]ncc12. The van der Waals surface area contributed by atoms with E-state index in [4.69, 9.17) is 5.73 Å². The Morgan fingerprint density at radius 3 is 2.10 bits per heavy atom. The molecule has 0 saturated heterocycles. The van der Waals surface area contributed by atoms with Crippen LogP contribution in [0.15, 0.2) is 55.0 Å². The van der Waals surface area contributed by atoms with Crippen molar-refractivity contribution in [3.63, 3.8) is 0 Å². The predicted octanol–water partition coefficient (Wildman–Crippen LogP) is 4.56. The minimum Gasteiger partial charge on any atom is -0.383 e. The number of anilines is 2. The lowest BCUT2D eigenvalue weighted by Gasteiger charge is -2.23. The molecular formula is C23H18ClF6N7O2. The number of hydrogen-bond acceptors (Lipinski definition) is 6. The van der Waals surface area contributed by atoms with Crippen molar-refractivity contribution in [2.24, 2.45) is 0 Å². The second-order valence-electron chi connectivity index (χ2n) is 8.08. The second-order valence-corrected chi connectivity index (χ2v) is 8.08. The first kappa shape index (κ1) is 29.2. The van der Waals surface area contributed by atoms with Crippen LogP contribution in [0.3, 0.4) is 0 Å². The number of amides is 2. The molecule has 4 N–H and O–H groups in total. The highest BCUT2D eigenvalue weighted by Gasteiger charge is 2.33. The first-order valence-corrected chi connectivity index (χ1v) is 10.7. The lowest BCUT2D eigenvalue weighted by atomic mass is 10.1. The van der Waals surface area contributed by atoms with Gasteiger partial charge in [-0.25, -0.2) is 4.98 Å². The third kappa shape index (κ3) is 6.73. The number of nitrogens with one attached hydrogen (secondary N) is 2. The molecule has 0 unspecified atom stereocenters. The van der Waals surface area contributed by atoms with E-state index in [9.17, 15) is 35.9 Å². The molecule has 206 valence electrons. The number of benzene rings is 1. The van der Waals surface area contributed by atoms with E-state index >= 15 is 0 Å². The van der Waals surface area contributed by atoms with Crippen molar-refractivity contribution < 1.29 is 35.9 Å². The Morgan fingerprint density at radius 1 is 0.872 bits per heavy atom. The van der Waals surface area contributed by atoms with Crippen LogP contribution in [-0.2, 0) is 35.0 Å². The maximum Gasteiger partial charge on any atom is 0.433 e. The van der Waals surface area contributed by atoms with E-state index < -0.39 is 35.4 Å². The summed E-state index contributed by atoms with van der Waals surface area (Å²) in [5.41, 5.74) is 4.44. The van der Waals surface area contributed by atoms with E-state index in [1.54, 1.807) is 0 Å². The standard InChI is InChI=1S/C23H17F6N7O2.ClH/c24-22(25,26)14-4-1-12(2-5-14)10-36(11-13-3-6-17(31-7-13)23(27,28)29)21(38)20(37)34-16-9-32-19(30)15-8-33-35-18(15)16;/h1-9H,10-11H2,(H2,30,32)(H,33,35)(H,34,37);1H. The van der Waals surface area contributed by atoms with Crippen LogP contribution in [0.2, 0.25) is 0 Å². The van der Waals surface area contributed by atoms with Gasteiger partial charge in [-0.2, -0.15) is 31.4 Å². The fourth-order valence-corrected chi connectivity index (χ4v) is 3.49. The Bertz CT molecular complexity index is 1410. The van der Waals surface area contributed by atoms with Gasteiger partial charge in [-0.1, -0.05) is 18.2 Å². The van der Waals surface area contributed by atoms with E-state index in [0.717, 1.165) is 41.4 Å². The zero-order valence-electron chi connectivity index (χ0n) is 19.5. The minimum absolute atomic E-state index is 0. The lowest BCUT2D eigenvalue weighted by molar-refractivity contribution is -0.144. The van der Waals surface area contributed by atoms with Crippen LogP contribution in [0.25, 0.3) is 10.9 Å². The van der Waals surface area contributed by atoms with Gasteiger partial charge in [0.1, 0.15) is 11.5 Å². The first-order valence-electron chi connectivity index (χ1n) is 10.7. The monoisotopic (exact) mass is 573 g/mol. The molecule has 0 aliphatic rings. The fourth-order valence-electron chi connectivity index (χ4n) is 3.49. The van der Waals surface area contributed by atoms with E-state index in [0.29, 0.717) is 17.0 Å². The number of H-pyrrole nitrogens is 1.